The Balaban J connectivity index is 1.44. The summed E-state index contributed by atoms with van der Waals surface area (Å²) in [6.07, 6.45) is 5.54. The van der Waals surface area contributed by atoms with Crippen LogP contribution in [0.3, 0.4) is 0 Å². The van der Waals surface area contributed by atoms with Gasteiger partial charge in [0.1, 0.15) is 12.1 Å². The number of unbranched alkanes of at least 4 members (excludes halogenated alkanes) is 1. The third-order valence-corrected chi connectivity index (χ3v) is 8.62. The Morgan fingerprint density at radius 3 is 2.30 bits per heavy atom. The van der Waals surface area contributed by atoms with Gasteiger partial charge in [-0.2, -0.15) is 0 Å². The molecule has 1 heterocycles. The van der Waals surface area contributed by atoms with Crippen molar-refractivity contribution >= 4 is 29.6 Å². The molecule has 3 aromatic carbocycles. The first-order chi connectivity index (χ1) is 22.6. The molecule has 0 aromatic heterocycles. The lowest BCUT2D eigenvalue weighted by molar-refractivity contribution is -0.142. The van der Waals surface area contributed by atoms with Gasteiger partial charge >= 0.3 is 5.97 Å². The van der Waals surface area contributed by atoms with Gasteiger partial charge in [0.05, 0.1) is 13.1 Å². The van der Waals surface area contributed by atoms with Gasteiger partial charge in [-0.05, 0) is 84.5 Å². The number of benzene rings is 3. The van der Waals surface area contributed by atoms with Crippen LogP contribution in [0.5, 0.6) is 0 Å². The maximum absolute atomic E-state index is 13.5. The highest BCUT2D eigenvalue weighted by Gasteiger charge is 2.30. The fourth-order valence-corrected chi connectivity index (χ4v) is 5.70. The van der Waals surface area contributed by atoms with Gasteiger partial charge in [-0.1, -0.05) is 74.4 Å². The Hall–Kier alpha value is -4.99. The number of nitrogens with zero attached hydrogens (tertiary/aromatic N) is 1. The monoisotopic (exact) mass is 640 g/mol. The van der Waals surface area contributed by atoms with Gasteiger partial charge in [0.15, 0.2) is 0 Å². The Labute approximate surface area is 275 Å². The van der Waals surface area contributed by atoms with Crippen LogP contribution < -0.4 is 16.0 Å². The van der Waals surface area contributed by atoms with Crippen molar-refractivity contribution in [3.05, 3.63) is 94.5 Å². The number of amides is 4. The summed E-state index contributed by atoms with van der Waals surface area (Å²) in [5, 5.41) is 17.2. The molecule has 248 valence electrons. The minimum absolute atomic E-state index is 0.274. The fraction of sp³-hybridized carbons (Fsp3) is 0.378. The number of nitrogens with one attached hydrogen (secondary N) is 3. The second kappa shape index (κ2) is 16.5. The number of carbonyl (C=O) groups excluding carboxylic acids is 4. The molecule has 0 radical (unpaired) electrons. The van der Waals surface area contributed by atoms with Crippen molar-refractivity contribution in [1.82, 2.24) is 20.9 Å². The first-order valence-corrected chi connectivity index (χ1v) is 16.2. The Bertz CT molecular complexity index is 1590. The zero-order valence-electron chi connectivity index (χ0n) is 27.3. The highest BCUT2D eigenvalue weighted by molar-refractivity contribution is 5.98. The molecule has 0 aliphatic carbocycles. The number of hydrogen-bond acceptors (Lipinski definition) is 5. The molecule has 0 saturated heterocycles. The molecule has 2 bridgehead atoms. The summed E-state index contributed by atoms with van der Waals surface area (Å²) in [7, 11) is 1.48. The average molecular weight is 641 g/mol. The maximum atomic E-state index is 13.5. The van der Waals surface area contributed by atoms with Crippen LogP contribution in [0.4, 0.5) is 0 Å². The zero-order valence-corrected chi connectivity index (χ0v) is 27.3. The topological polar surface area (TPSA) is 145 Å². The SMILES string of the molecule is CCCCc1ccc(-c2ccc(C(=O)NCC(=O)N(C)C3C(=O)NCC(=O)NC(C(=O)O)CCCCc4cc3ccc4C)cc2)cc1. The number of carboxylic acid groups (broad SMARTS) is 1. The van der Waals surface area contributed by atoms with Crippen molar-refractivity contribution < 1.29 is 29.1 Å². The Morgan fingerprint density at radius 2 is 1.64 bits per heavy atom. The van der Waals surface area contributed by atoms with E-state index in [4.69, 9.17) is 0 Å². The molecule has 4 rings (SSSR count). The maximum Gasteiger partial charge on any atom is 0.326 e. The third kappa shape index (κ3) is 9.51. The Morgan fingerprint density at radius 1 is 0.957 bits per heavy atom. The highest BCUT2D eigenvalue weighted by atomic mass is 16.4. The average Bonchev–Trinajstić information content (AvgIpc) is 3.07. The third-order valence-electron chi connectivity index (χ3n) is 8.62. The van der Waals surface area contributed by atoms with E-state index < -0.39 is 48.2 Å². The molecule has 4 N–H and O–H groups in total. The number of carbonyl (C=O) groups is 5. The van der Waals surface area contributed by atoms with Crippen LogP contribution in [-0.4, -0.2) is 65.8 Å². The van der Waals surface area contributed by atoms with Gasteiger partial charge in [0, 0.05) is 12.6 Å². The molecule has 10 heteroatoms. The van der Waals surface area contributed by atoms with Crippen LogP contribution in [0.25, 0.3) is 11.1 Å². The van der Waals surface area contributed by atoms with E-state index in [0.717, 1.165) is 41.5 Å². The summed E-state index contributed by atoms with van der Waals surface area (Å²) in [5.41, 5.74) is 6.28. The first kappa shape index (κ1) is 34.9. The van der Waals surface area contributed by atoms with E-state index in [0.29, 0.717) is 30.4 Å². The number of hydrogen-bond donors (Lipinski definition) is 4. The highest BCUT2D eigenvalue weighted by Crippen LogP contribution is 2.25. The molecule has 1 aliphatic heterocycles. The minimum Gasteiger partial charge on any atom is -0.480 e. The predicted octanol–water partition coefficient (Wildman–Crippen LogP) is 4.35. The van der Waals surface area contributed by atoms with Crippen molar-refractivity contribution in [1.29, 1.82) is 0 Å². The van der Waals surface area contributed by atoms with Gasteiger partial charge in [0.2, 0.25) is 17.7 Å². The quantitative estimate of drug-likeness (QED) is 0.274. The van der Waals surface area contributed by atoms with Crippen molar-refractivity contribution in [2.75, 3.05) is 20.1 Å². The second-order valence-electron chi connectivity index (χ2n) is 12.1. The lowest BCUT2D eigenvalue weighted by atomic mass is 9.95. The van der Waals surface area contributed by atoms with E-state index in [-0.39, 0.29) is 13.0 Å². The van der Waals surface area contributed by atoms with E-state index in [9.17, 15) is 29.1 Å². The molecule has 10 nitrogen and oxygen atoms in total. The largest absolute Gasteiger partial charge is 0.480 e. The lowest BCUT2D eigenvalue weighted by Crippen LogP contribution is -2.49. The summed E-state index contributed by atoms with van der Waals surface area (Å²) < 4.78 is 0. The number of carboxylic acids is 1. The van der Waals surface area contributed by atoms with E-state index in [2.05, 4.69) is 47.1 Å². The molecule has 0 fully saturated rings. The van der Waals surface area contributed by atoms with Crippen LogP contribution in [0.1, 0.15) is 77.7 Å². The molecular weight excluding hydrogens is 596 g/mol. The predicted molar refractivity (Wildman–Crippen MR) is 180 cm³/mol. The van der Waals surface area contributed by atoms with Crippen LogP contribution in [0.15, 0.2) is 66.7 Å². The summed E-state index contributed by atoms with van der Waals surface area (Å²) >= 11 is 0. The molecule has 0 saturated carbocycles. The van der Waals surface area contributed by atoms with Gasteiger partial charge in [-0.25, -0.2) is 4.79 Å². The van der Waals surface area contributed by atoms with Gasteiger partial charge in [-0.3, -0.25) is 19.2 Å². The summed E-state index contributed by atoms with van der Waals surface area (Å²) in [6, 6.07) is 19.0. The number of likely N-dealkylation sites (N-methyl/N-ethyl adjacent to an activating group) is 1. The molecular formula is C37H44N4O6. The van der Waals surface area contributed by atoms with Crippen molar-refractivity contribution in [2.24, 2.45) is 0 Å². The molecule has 0 spiro atoms. The summed E-state index contributed by atoms with van der Waals surface area (Å²) in [4.78, 5) is 65.2. The summed E-state index contributed by atoms with van der Waals surface area (Å²) in [5.74, 6) is -3.30. The standard InChI is InChI=1S/C37H44N4O6/c1-4-5-8-25-12-15-26(16-13-25)27-17-19-28(20-18-27)35(44)39-23-33(43)41(3)34-30-14-11-24(2)29(21-30)9-6-7-10-31(37(46)47)40-32(42)22-38-36(34)45/h11-21,31,34H,4-10,22-23H2,1-3H3,(H,38,45)(H,39,44)(H,40,42)(H,46,47). The van der Waals surface area contributed by atoms with E-state index in [1.807, 2.05) is 31.2 Å². The van der Waals surface area contributed by atoms with Gasteiger partial charge < -0.3 is 26.0 Å². The Kier molecular flexibility index (Phi) is 12.3. The van der Waals surface area contributed by atoms with Gasteiger partial charge in [-0.15, -0.1) is 0 Å². The smallest absolute Gasteiger partial charge is 0.326 e. The van der Waals surface area contributed by atoms with Crippen LogP contribution >= 0.6 is 0 Å². The van der Waals surface area contributed by atoms with Crippen LogP contribution in [0, 0.1) is 6.92 Å². The van der Waals surface area contributed by atoms with Crippen molar-refractivity contribution in [2.45, 2.75) is 70.9 Å². The number of rotatable bonds is 9. The molecule has 4 amide bonds. The van der Waals surface area contributed by atoms with Crippen molar-refractivity contribution in [3.8, 4) is 11.1 Å². The number of aliphatic carboxylic acids is 1. The zero-order chi connectivity index (χ0) is 33.9. The number of aryl methyl sites for hydroxylation is 3. The molecule has 1 aliphatic rings. The van der Waals surface area contributed by atoms with Crippen LogP contribution in [0.2, 0.25) is 0 Å². The molecule has 2 unspecified atom stereocenters. The van der Waals surface area contributed by atoms with Gasteiger partial charge in [0.25, 0.3) is 5.91 Å². The molecule has 2 atom stereocenters. The molecule has 3 aromatic rings. The van der Waals surface area contributed by atoms with Crippen LogP contribution in [-0.2, 0) is 32.0 Å². The fourth-order valence-electron chi connectivity index (χ4n) is 5.70. The molecule has 47 heavy (non-hydrogen) atoms. The second-order valence-corrected chi connectivity index (χ2v) is 12.1. The summed E-state index contributed by atoms with van der Waals surface area (Å²) in [6.45, 7) is 3.33. The van der Waals surface area contributed by atoms with E-state index in [1.165, 1.54) is 17.5 Å². The lowest BCUT2D eigenvalue weighted by Gasteiger charge is -2.29. The number of fused-ring (bicyclic) bond motifs is 2. The first-order valence-electron chi connectivity index (χ1n) is 16.2. The normalized spacial score (nSPS) is 17.1. The minimum atomic E-state index is -1.14. The van der Waals surface area contributed by atoms with E-state index >= 15 is 0 Å². The van der Waals surface area contributed by atoms with Crippen molar-refractivity contribution in [3.63, 3.8) is 0 Å². The van der Waals surface area contributed by atoms with E-state index in [1.54, 1.807) is 18.2 Å².